The van der Waals surface area contributed by atoms with E-state index in [1.54, 1.807) is 28.0 Å². The van der Waals surface area contributed by atoms with Crippen molar-refractivity contribution in [2.24, 2.45) is 0 Å². The van der Waals surface area contributed by atoms with Crippen LogP contribution in [-0.4, -0.2) is 15.7 Å². The van der Waals surface area contributed by atoms with Crippen LogP contribution in [0.4, 0.5) is 0 Å². The molecular formula is C26H26N2O3S. The molecule has 5 nitrogen and oxygen atoms in total. The van der Waals surface area contributed by atoms with Gasteiger partial charge in [-0.15, -0.1) is 11.3 Å². The SMILES string of the molecule is CCOc1ccc(-n2c(=O)c3c4c(sc3n(Cc3ccccc3C)c2=O)CCCC4)cc1. The lowest BCUT2D eigenvalue weighted by Crippen LogP contribution is -2.39. The van der Waals surface area contributed by atoms with E-state index in [1.807, 2.05) is 37.3 Å². The van der Waals surface area contributed by atoms with Crippen molar-refractivity contribution in [2.75, 3.05) is 6.61 Å². The van der Waals surface area contributed by atoms with Crippen molar-refractivity contribution in [3.63, 3.8) is 0 Å². The molecule has 0 atom stereocenters. The van der Waals surface area contributed by atoms with E-state index in [-0.39, 0.29) is 11.2 Å². The third-order valence-corrected chi connectivity index (χ3v) is 7.55. The number of benzene rings is 2. The van der Waals surface area contributed by atoms with Crippen LogP contribution in [0.1, 0.15) is 41.3 Å². The zero-order valence-electron chi connectivity index (χ0n) is 18.4. The Labute approximate surface area is 190 Å². The normalized spacial score (nSPS) is 13.3. The highest BCUT2D eigenvalue weighted by molar-refractivity contribution is 7.18. The van der Waals surface area contributed by atoms with Gasteiger partial charge in [0.1, 0.15) is 10.6 Å². The molecule has 164 valence electrons. The summed E-state index contributed by atoms with van der Waals surface area (Å²) in [6.45, 7) is 4.99. The van der Waals surface area contributed by atoms with Crippen molar-refractivity contribution in [1.82, 2.24) is 9.13 Å². The number of hydrogen-bond acceptors (Lipinski definition) is 4. The van der Waals surface area contributed by atoms with Gasteiger partial charge in [0.15, 0.2) is 0 Å². The molecule has 32 heavy (non-hydrogen) atoms. The van der Waals surface area contributed by atoms with Gasteiger partial charge in [0.25, 0.3) is 5.56 Å². The lowest BCUT2D eigenvalue weighted by Gasteiger charge is -2.15. The van der Waals surface area contributed by atoms with Crippen molar-refractivity contribution in [3.05, 3.63) is 90.9 Å². The molecule has 0 spiro atoms. The van der Waals surface area contributed by atoms with Crippen molar-refractivity contribution in [1.29, 1.82) is 0 Å². The van der Waals surface area contributed by atoms with E-state index >= 15 is 0 Å². The second-order valence-corrected chi connectivity index (χ2v) is 9.34. The van der Waals surface area contributed by atoms with Gasteiger partial charge in [0.2, 0.25) is 0 Å². The van der Waals surface area contributed by atoms with Crippen LogP contribution in [0, 0.1) is 6.92 Å². The van der Waals surface area contributed by atoms with Crippen LogP contribution in [0.5, 0.6) is 5.75 Å². The van der Waals surface area contributed by atoms with Crippen LogP contribution in [0.2, 0.25) is 0 Å². The van der Waals surface area contributed by atoms with E-state index in [4.69, 9.17) is 4.74 Å². The number of nitrogens with zero attached hydrogens (tertiary/aromatic N) is 2. The van der Waals surface area contributed by atoms with Gasteiger partial charge in [0, 0.05) is 4.88 Å². The van der Waals surface area contributed by atoms with Gasteiger partial charge < -0.3 is 4.74 Å². The fourth-order valence-electron chi connectivity index (χ4n) is 4.55. The van der Waals surface area contributed by atoms with Crippen molar-refractivity contribution in [2.45, 2.75) is 46.1 Å². The van der Waals surface area contributed by atoms with E-state index in [2.05, 4.69) is 13.0 Å². The van der Waals surface area contributed by atoms with Gasteiger partial charge in [-0.05, 0) is 80.5 Å². The molecule has 2 heterocycles. The fourth-order valence-corrected chi connectivity index (χ4v) is 5.92. The summed E-state index contributed by atoms with van der Waals surface area (Å²) in [5, 5.41) is 0.715. The molecule has 0 aliphatic heterocycles. The highest BCUT2D eigenvalue weighted by atomic mass is 32.1. The minimum Gasteiger partial charge on any atom is -0.494 e. The first-order chi connectivity index (χ1) is 15.6. The van der Waals surface area contributed by atoms with Crippen molar-refractivity contribution >= 4 is 21.6 Å². The first kappa shape index (κ1) is 20.8. The van der Waals surface area contributed by atoms with E-state index in [9.17, 15) is 9.59 Å². The Morgan fingerprint density at radius 2 is 1.75 bits per heavy atom. The molecule has 0 radical (unpaired) electrons. The molecule has 0 saturated carbocycles. The average Bonchev–Trinajstić information content (AvgIpc) is 3.19. The average molecular weight is 447 g/mol. The molecule has 6 heteroatoms. The molecule has 0 N–H and O–H groups in total. The van der Waals surface area contributed by atoms with Gasteiger partial charge in [-0.25, -0.2) is 9.36 Å². The van der Waals surface area contributed by atoms with E-state index in [1.165, 1.54) is 9.44 Å². The number of ether oxygens (including phenoxy) is 1. The van der Waals surface area contributed by atoms with E-state index in [0.717, 1.165) is 53.0 Å². The van der Waals surface area contributed by atoms with Gasteiger partial charge in [-0.2, -0.15) is 0 Å². The van der Waals surface area contributed by atoms with Crippen LogP contribution in [0.25, 0.3) is 15.9 Å². The largest absolute Gasteiger partial charge is 0.494 e. The van der Waals surface area contributed by atoms with Crippen molar-refractivity contribution in [3.8, 4) is 11.4 Å². The molecule has 2 aromatic carbocycles. The summed E-state index contributed by atoms with van der Waals surface area (Å²) in [7, 11) is 0. The second kappa shape index (κ2) is 8.43. The lowest BCUT2D eigenvalue weighted by atomic mass is 9.97. The molecule has 0 amide bonds. The molecule has 5 rings (SSSR count). The van der Waals surface area contributed by atoms with Gasteiger partial charge in [-0.1, -0.05) is 24.3 Å². The highest BCUT2D eigenvalue weighted by Gasteiger charge is 2.24. The monoisotopic (exact) mass is 446 g/mol. The van der Waals surface area contributed by atoms with E-state index < -0.39 is 0 Å². The number of hydrogen-bond donors (Lipinski definition) is 0. The zero-order chi connectivity index (χ0) is 22.2. The summed E-state index contributed by atoms with van der Waals surface area (Å²) >= 11 is 1.62. The van der Waals surface area contributed by atoms with Crippen LogP contribution in [0.3, 0.4) is 0 Å². The molecule has 0 unspecified atom stereocenters. The molecule has 0 fully saturated rings. The zero-order valence-corrected chi connectivity index (χ0v) is 19.2. The Kier molecular flexibility index (Phi) is 5.47. The molecule has 0 bridgehead atoms. The predicted molar refractivity (Wildman–Crippen MR) is 130 cm³/mol. The summed E-state index contributed by atoms with van der Waals surface area (Å²) in [5.41, 5.74) is 3.41. The first-order valence-corrected chi connectivity index (χ1v) is 12.0. The Balaban J connectivity index is 1.78. The van der Waals surface area contributed by atoms with Gasteiger partial charge >= 0.3 is 5.69 Å². The van der Waals surface area contributed by atoms with Crippen molar-refractivity contribution < 1.29 is 4.74 Å². The third-order valence-electron chi connectivity index (χ3n) is 6.23. The maximum Gasteiger partial charge on any atom is 0.337 e. The fraction of sp³-hybridized carbons (Fsp3) is 0.308. The summed E-state index contributed by atoms with van der Waals surface area (Å²) < 4.78 is 8.66. The maximum absolute atomic E-state index is 13.7. The molecule has 4 aromatic rings. The maximum atomic E-state index is 13.7. The predicted octanol–water partition coefficient (Wildman–Crippen LogP) is 4.85. The number of thiophene rings is 1. The van der Waals surface area contributed by atoms with Crippen LogP contribution in [-0.2, 0) is 19.4 Å². The Bertz CT molecular complexity index is 1410. The standard InChI is InChI=1S/C26H26N2O3S/c1-3-31-20-14-12-19(13-15-20)28-24(29)23-21-10-6-7-11-22(21)32-25(23)27(26(28)30)16-18-9-5-4-8-17(18)2/h4-5,8-9,12-15H,3,6-7,10-11,16H2,1-2H3. The summed E-state index contributed by atoms with van der Waals surface area (Å²) in [5.74, 6) is 0.721. The van der Waals surface area contributed by atoms with Crippen LogP contribution in [0.15, 0.2) is 58.1 Å². The summed E-state index contributed by atoms with van der Waals surface area (Å²) in [4.78, 5) is 29.5. The van der Waals surface area contributed by atoms with Gasteiger partial charge in [-0.3, -0.25) is 9.36 Å². The topological polar surface area (TPSA) is 53.2 Å². The number of aromatic nitrogens is 2. The molecule has 1 aliphatic carbocycles. The van der Waals surface area contributed by atoms with Crippen LogP contribution < -0.4 is 16.0 Å². The quantitative estimate of drug-likeness (QED) is 0.440. The minimum atomic E-state index is -0.298. The third kappa shape index (κ3) is 3.48. The molecule has 0 saturated heterocycles. The molecular weight excluding hydrogens is 420 g/mol. The van der Waals surface area contributed by atoms with E-state index in [0.29, 0.717) is 24.2 Å². The number of fused-ring (bicyclic) bond motifs is 3. The lowest BCUT2D eigenvalue weighted by molar-refractivity contribution is 0.340. The molecule has 2 aromatic heterocycles. The van der Waals surface area contributed by atoms with Crippen LogP contribution >= 0.6 is 11.3 Å². The number of aryl methyl sites for hydroxylation is 3. The highest BCUT2D eigenvalue weighted by Crippen LogP contribution is 2.34. The number of rotatable bonds is 5. The second-order valence-electron chi connectivity index (χ2n) is 8.25. The molecule has 1 aliphatic rings. The Morgan fingerprint density at radius 1 is 1.00 bits per heavy atom. The summed E-state index contributed by atoms with van der Waals surface area (Å²) in [6, 6.07) is 15.3. The van der Waals surface area contributed by atoms with Gasteiger partial charge in [0.05, 0.1) is 24.2 Å². The summed E-state index contributed by atoms with van der Waals surface area (Å²) in [6.07, 6.45) is 4.10. The minimum absolute atomic E-state index is 0.213. The first-order valence-electron chi connectivity index (χ1n) is 11.2. The smallest absolute Gasteiger partial charge is 0.337 e. The Hall–Kier alpha value is -3.12. The Morgan fingerprint density at radius 3 is 2.50 bits per heavy atom.